The van der Waals surface area contributed by atoms with Crippen LogP contribution in [0.5, 0.6) is 0 Å². The second-order valence-electron chi connectivity index (χ2n) is 4.51. The summed E-state index contributed by atoms with van der Waals surface area (Å²) in [6.45, 7) is 3.05. The highest BCUT2D eigenvalue weighted by Crippen LogP contribution is 2.32. The van der Waals surface area contributed by atoms with Crippen molar-refractivity contribution in [2.75, 3.05) is 20.6 Å². The van der Waals surface area contributed by atoms with Crippen LogP contribution in [0.4, 0.5) is 0 Å². The zero-order valence-corrected chi connectivity index (χ0v) is 9.14. The lowest BCUT2D eigenvalue weighted by molar-refractivity contribution is 0.0769. The Hall–Kier alpha value is -0.120. The molecule has 0 aromatic carbocycles. The van der Waals surface area contributed by atoms with Crippen LogP contribution in [-0.4, -0.2) is 31.2 Å². The molecule has 1 rings (SSSR count). The van der Waals surface area contributed by atoms with Gasteiger partial charge in [0.15, 0.2) is 0 Å². The molecule has 0 aromatic heterocycles. The van der Waals surface area contributed by atoms with Crippen LogP contribution in [0, 0.1) is 5.92 Å². The van der Waals surface area contributed by atoms with Crippen LogP contribution >= 0.6 is 0 Å². The number of nitrogens with zero attached hydrogens (tertiary/aromatic N) is 1. The summed E-state index contributed by atoms with van der Waals surface area (Å²) >= 11 is 0. The molecule has 13 heavy (non-hydrogen) atoms. The van der Waals surface area contributed by atoms with Crippen LogP contribution in [0.1, 0.15) is 32.6 Å². The zero-order valence-electron chi connectivity index (χ0n) is 9.14. The van der Waals surface area contributed by atoms with Gasteiger partial charge in [0.2, 0.25) is 0 Å². The molecule has 3 heteroatoms. The molecule has 2 unspecified atom stereocenters. The van der Waals surface area contributed by atoms with Crippen molar-refractivity contribution in [3.8, 4) is 0 Å². The van der Waals surface area contributed by atoms with Crippen LogP contribution in [-0.2, 0) is 0 Å². The summed E-state index contributed by atoms with van der Waals surface area (Å²) in [6.07, 6.45) is 5.18. The van der Waals surface area contributed by atoms with Gasteiger partial charge in [-0.05, 0) is 18.8 Å². The second-order valence-corrected chi connectivity index (χ2v) is 4.51. The van der Waals surface area contributed by atoms with Gasteiger partial charge in [-0.3, -0.25) is 5.01 Å². The van der Waals surface area contributed by atoms with Crippen molar-refractivity contribution < 1.29 is 0 Å². The third-order valence-electron chi connectivity index (χ3n) is 3.26. The standard InChI is InChI=1S/C10H23N3/c1-9-6-4-5-7-10(9,8-11)12-13(2)3/h9,12H,4-8,11H2,1-3H3. The summed E-state index contributed by atoms with van der Waals surface area (Å²) in [4.78, 5) is 0. The first-order valence-corrected chi connectivity index (χ1v) is 5.26. The van der Waals surface area contributed by atoms with E-state index in [4.69, 9.17) is 5.73 Å². The average Bonchev–Trinajstić information content (AvgIpc) is 2.08. The quantitative estimate of drug-likeness (QED) is 0.644. The monoisotopic (exact) mass is 185 g/mol. The number of nitrogens with two attached hydrogens (primary N) is 1. The molecular weight excluding hydrogens is 162 g/mol. The number of hydrazine groups is 1. The summed E-state index contributed by atoms with van der Waals surface area (Å²) in [7, 11) is 4.08. The van der Waals surface area contributed by atoms with Gasteiger partial charge in [0.05, 0.1) is 0 Å². The highest BCUT2D eigenvalue weighted by atomic mass is 15.5. The van der Waals surface area contributed by atoms with Gasteiger partial charge in [-0.2, -0.15) is 0 Å². The first-order valence-electron chi connectivity index (χ1n) is 5.26. The Morgan fingerprint density at radius 1 is 1.46 bits per heavy atom. The van der Waals surface area contributed by atoms with Gasteiger partial charge in [0, 0.05) is 26.2 Å². The molecule has 0 aromatic rings. The highest BCUT2D eigenvalue weighted by molar-refractivity contribution is 4.95. The van der Waals surface area contributed by atoms with E-state index in [1.165, 1.54) is 25.7 Å². The second kappa shape index (κ2) is 4.40. The minimum atomic E-state index is 0.155. The predicted octanol–water partition coefficient (Wildman–Crippen LogP) is 0.960. The number of rotatable bonds is 3. The summed E-state index contributed by atoms with van der Waals surface area (Å²) in [5.41, 5.74) is 9.55. The van der Waals surface area contributed by atoms with Gasteiger partial charge < -0.3 is 5.73 Å². The topological polar surface area (TPSA) is 41.3 Å². The Kier molecular flexibility index (Phi) is 3.71. The molecule has 1 fully saturated rings. The van der Waals surface area contributed by atoms with Crippen molar-refractivity contribution in [2.24, 2.45) is 11.7 Å². The fourth-order valence-corrected chi connectivity index (χ4v) is 2.37. The maximum absolute atomic E-state index is 5.89. The largest absolute Gasteiger partial charge is 0.329 e. The van der Waals surface area contributed by atoms with Gasteiger partial charge >= 0.3 is 0 Å². The Morgan fingerprint density at radius 3 is 2.62 bits per heavy atom. The Balaban J connectivity index is 2.64. The molecule has 0 amide bonds. The van der Waals surface area contributed by atoms with Gasteiger partial charge in [-0.1, -0.05) is 19.8 Å². The van der Waals surface area contributed by atoms with Crippen molar-refractivity contribution in [3.63, 3.8) is 0 Å². The molecule has 0 bridgehead atoms. The van der Waals surface area contributed by atoms with E-state index < -0.39 is 0 Å². The molecule has 3 nitrogen and oxygen atoms in total. The fourth-order valence-electron chi connectivity index (χ4n) is 2.37. The van der Waals surface area contributed by atoms with E-state index in [0.29, 0.717) is 5.92 Å². The summed E-state index contributed by atoms with van der Waals surface area (Å²) in [5, 5.41) is 2.04. The molecule has 3 N–H and O–H groups in total. The molecule has 0 aliphatic heterocycles. The minimum Gasteiger partial charge on any atom is -0.329 e. The van der Waals surface area contributed by atoms with Crippen molar-refractivity contribution in [3.05, 3.63) is 0 Å². The zero-order chi connectivity index (χ0) is 9.90. The predicted molar refractivity (Wildman–Crippen MR) is 56.2 cm³/mol. The van der Waals surface area contributed by atoms with E-state index in [2.05, 4.69) is 12.3 Å². The molecule has 1 aliphatic carbocycles. The number of nitrogens with one attached hydrogen (secondary N) is 1. The van der Waals surface area contributed by atoms with Crippen molar-refractivity contribution in [1.29, 1.82) is 0 Å². The van der Waals surface area contributed by atoms with Gasteiger partial charge in [-0.25, -0.2) is 5.43 Å². The molecular formula is C10H23N3. The summed E-state index contributed by atoms with van der Waals surface area (Å²) < 4.78 is 0. The van der Waals surface area contributed by atoms with Crippen molar-refractivity contribution in [1.82, 2.24) is 10.4 Å². The Labute approximate surface area is 81.6 Å². The molecule has 78 valence electrons. The third-order valence-corrected chi connectivity index (χ3v) is 3.26. The van der Waals surface area contributed by atoms with Crippen LogP contribution in [0.25, 0.3) is 0 Å². The van der Waals surface area contributed by atoms with Crippen molar-refractivity contribution in [2.45, 2.75) is 38.1 Å². The lowest BCUT2D eigenvalue weighted by Crippen LogP contribution is -2.61. The third kappa shape index (κ3) is 2.42. The minimum absolute atomic E-state index is 0.155. The first-order chi connectivity index (χ1) is 6.10. The normalized spacial score (nSPS) is 35.3. The van der Waals surface area contributed by atoms with E-state index in [1.807, 2.05) is 19.1 Å². The highest BCUT2D eigenvalue weighted by Gasteiger charge is 2.37. The molecule has 0 radical (unpaired) electrons. The SMILES string of the molecule is CC1CCCCC1(CN)NN(C)C. The van der Waals surface area contributed by atoms with E-state index in [1.54, 1.807) is 0 Å². The van der Waals surface area contributed by atoms with Gasteiger partial charge in [0.1, 0.15) is 0 Å². The van der Waals surface area contributed by atoms with Crippen LogP contribution in [0.15, 0.2) is 0 Å². The number of hydrogen-bond acceptors (Lipinski definition) is 3. The van der Waals surface area contributed by atoms with Crippen LogP contribution < -0.4 is 11.2 Å². The molecule has 0 heterocycles. The lowest BCUT2D eigenvalue weighted by atomic mass is 9.74. The van der Waals surface area contributed by atoms with Gasteiger partial charge in [0.25, 0.3) is 0 Å². The molecule has 1 saturated carbocycles. The fraction of sp³-hybridized carbons (Fsp3) is 1.00. The van der Waals surface area contributed by atoms with E-state index >= 15 is 0 Å². The summed E-state index contributed by atoms with van der Waals surface area (Å²) in [6, 6.07) is 0. The van der Waals surface area contributed by atoms with Crippen LogP contribution in [0.2, 0.25) is 0 Å². The Bertz CT molecular complexity index is 158. The van der Waals surface area contributed by atoms with E-state index in [9.17, 15) is 0 Å². The van der Waals surface area contributed by atoms with E-state index in [0.717, 1.165) is 6.54 Å². The molecule has 2 atom stereocenters. The van der Waals surface area contributed by atoms with E-state index in [-0.39, 0.29) is 5.54 Å². The number of hydrogen-bond donors (Lipinski definition) is 2. The maximum Gasteiger partial charge on any atom is 0.0473 e. The molecule has 0 spiro atoms. The maximum atomic E-state index is 5.89. The Morgan fingerprint density at radius 2 is 2.15 bits per heavy atom. The van der Waals surface area contributed by atoms with Gasteiger partial charge in [-0.15, -0.1) is 0 Å². The molecule has 0 saturated heterocycles. The lowest BCUT2D eigenvalue weighted by Gasteiger charge is -2.44. The van der Waals surface area contributed by atoms with Crippen molar-refractivity contribution >= 4 is 0 Å². The summed E-state index contributed by atoms with van der Waals surface area (Å²) in [5.74, 6) is 0.689. The molecule has 1 aliphatic rings. The first kappa shape index (κ1) is 11.0. The average molecular weight is 185 g/mol. The smallest absolute Gasteiger partial charge is 0.0473 e. The van der Waals surface area contributed by atoms with Crippen LogP contribution in [0.3, 0.4) is 0 Å².